The van der Waals surface area contributed by atoms with Crippen molar-refractivity contribution in [2.45, 2.75) is 6.92 Å². The molecule has 2 heterocycles. The molecule has 0 unspecified atom stereocenters. The Hall–Kier alpha value is -5.83. The van der Waals surface area contributed by atoms with Crippen LogP contribution in [0.3, 0.4) is 0 Å². The minimum absolute atomic E-state index is 0.0336. The number of fused-ring (bicyclic) bond motifs is 1. The Morgan fingerprint density at radius 2 is 1.87 bits per heavy atom. The average Bonchev–Trinajstić information content (AvgIpc) is 2.90. The summed E-state index contributed by atoms with van der Waals surface area (Å²) in [5.41, 5.74) is 7.21. The number of hydrogen-bond acceptors (Lipinski definition) is 9. The first kappa shape index (κ1) is 24.8. The number of hydrogen-bond donors (Lipinski definition) is 4. The molecule has 5 N–H and O–H groups in total. The van der Waals surface area contributed by atoms with Gasteiger partial charge in [-0.05, 0) is 48.9 Å². The van der Waals surface area contributed by atoms with Gasteiger partial charge in [-0.2, -0.15) is 15.2 Å². The van der Waals surface area contributed by atoms with E-state index in [1.807, 2.05) is 25.1 Å². The molecule has 39 heavy (non-hydrogen) atoms. The summed E-state index contributed by atoms with van der Waals surface area (Å²) in [5.74, 6) is 0.650. The van der Waals surface area contributed by atoms with E-state index in [0.717, 1.165) is 5.56 Å². The Morgan fingerprint density at radius 3 is 2.64 bits per heavy atom. The normalized spacial score (nSPS) is 11.7. The molecule has 3 aromatic carbocycles. The summed E-state index contributed by atoms with van der Waals surface area (Å²) in [6.07, 6.45) is 0. The van der Waals surface area contributed by atoms with Gasteiger partial charge in [-0.25, -0.2) is 0 Å². The van der Waals surface area contributed by atoms with Crippen LogP contribution in [0.1, 0.15) is 11.1 Å². The smallest absolute Gasteiger partial charge is 0.328 e. The maximum atomic E-state index is 12.1. The molecular formula is C27H21N7O5. The number of benzene rings is 3. The molecule has 4 aromatic rings. The van der Waals surface area contributed by atoms with E-state index >= 15 is 0 Å². The quantitative estimate of drug-likeness (QED) is 0.196. The molecule has 0 radical (unpaired) electrons. The van der Waals surface area contributed by atoms with Crippen molar-refractivity contribution in [2.24, 2.45) is 5.73 Å². The number of nitrogens with two attached hydrogens (primary N) is 1. The highest BCUT2D eigenvalue weighted by molar-refractivity contribution is 5.96. The Balaban J connectivity index is 1.53. The molecule has 0 saturated carbocycles. The number of carbonyl (C=O) groups excluding carboxylic acids is 1. The highest BCUT2D eigenvalue weighted by Crippen LogP contribution is 2.42. The standard InChI is InChI=1S/C27H21N7O5/c1-15-9-17(31-26(29)30)12-19(10-15)38-27-33-24-23(32-22(35)14-36-24)25(34-27)39-21-11-16(13-28)7-8-20(21)37-18-5-3-2-4-6-18/h2-12H,14H2,1H3,(H,32,35)(H4,29,30,31). The van der Waals surface area contributed by atoms with Gasteiger partial charge in [0.1, 0.15) is 11.5 Å². The van der Waals surface area contributed by atoms with Crippen molar-refractivity contribution in [3.8, 4) is 46.8 Å². The van der Waals surface area contributed by atoms with Crippen LogP contribution in [0.15, 0.2) is 66.7 Å². The van der Waals surface area contributed by atoms with Gasteiger partial charge in [0.2, 0.25) is 5.88 Å². The number of guanidine groups is 1. The van der Waals surface area contributed by atoms with Gasteiger partial charge in [0.25, 0.3) is 11.8 Å². The fraction of sp³-hybridized carbons (Fsp3) is 0.0741. The van der Waals surface area contributed by atoms with Crippen LogP contribution in [0.4, 0.5) is 11.4 Å². The summed E-state index contributed by atoms with van der Waals surface area (Å²) in [5, 5.41) is 22.3. The van der Waals surface area contributed by atoms with Crippen LogP contribution in [-0.4, -0.2) is 28.4 Å². The molecule has 0 bridgehead atoms. The van der Waals surface area contributed by atoms with Crippen molar-refractivity contribution in [3.63, 3.8) is 0 Å². The van der Waals surface area contributed by atoms with E-state index < -0.39 is 5.91 Å². The van der Waals surface area contributed by atoms with Gasteiger partial charge < -0.3 is 35.3 Å². The summed E-state index contributed by atoms with van der Waals surface area (Å²) >= 11 is 0. The highest BCUT2D eigenvalue weighted by atomic mass is 16.5. The summed E-state index contributed by atoms with van der Waals surface area (Å²) in [7, 11) is 0. The van der Waals surface area contributed by atoms with Crippen LogP contribution < -0.4 is 35.3 Å². The zero-order chi connectivity index (χ0) is 27.4. The van der Waals surface area contributed by atoms with E-state index in [4.69, 9.17) is 30.1 Å². The third-order valence-corrected chi connectivity index (χ3v) is 5.22. The van der Waals surface area contributed by atoms with E-state index in [2.05, 4.69) is 26.7 Å². The summed E-state index contributed by atoms with van der Waals surface area (Å²) in [4.78, 5) is 20.7. The van der Waals surface area contributed by atoms with Crippen molar-refractivity contribution in [3.05, 3.63) is 77.9 Å². The Kier molecular flexibility index (Phi) is 6.79. The SMILES string of the molecule is Cc1cc(NC(=N)N)cc(Oc2nc3c(c(Oc4cc(C#N)ccc4Oc4ccccc4)n2)NC(=O)CO3)c1. The molecule has 1 amide bonds. The first-order chi connectivity index (χ1) is 18.9. The van der Waals surface area contributed by atoms with Crippen molar-refractivity contribution in [1.29, 1.82) is 10.7 Å². The zero-order valence-electron chi connectivity index (χ0n) is 20.5. The highest BCUT2D eigenvalue weighted by Gasteiger charge is 2.26. The van der Waals surface area contributed by atoms with Crippen molar-refractivity contribution in [2.75, 3.05) is 17.2 Å². The van der Waals surface area contributed by atoms with Crippen LogP contribution in [0.2, 0.25) is 0 Å². The molecule has 194 valence electrons. The molecule has 12 heteroatoms. The number of amides is 1. The molecule has 12 nitrogen and oxygen atoms in total. The maximum absolute atomic E-state index is 12.1. The molecule has 0 aliphatic carbocycles. The van der Waals surface area contributed by atoms with Gasteiger partial charge in [0.15, 0.2) is 29.8 Å². The molecular weight excluding hydrogens is 502 g/mol. The van der Waals surface area contributed by atoms with Crippen LogP contribution in [0.5, 0.6) is 40.8 Å². The fourth-order valence-electron chi connectivity index (χ4n) is 3.64. The molecule has 5 rings (SSSR count). The second-order valence-corrected chi connectivity index (χ2v) is 8.29. The Bertz CT molecular complexity index is 1620. The zero-order valence-corrected chi connectivity index (χ0v) is 20.5. The van der Waals surface area contributed by atoms with Crippen molar-refractivity contribution in [1.82, 2.24) is 9.97 Å². The molecule has 0 spiro atoms. The summed E-state index contributed by atoms with van der Waals surface area (Å²) < 4.78 is 23.5. The number of nitrogens with one attached hydrogen (secondary N) is 3. The van der Waals surface area contributed by atoms with Gasteiger partial charge in [-0.1, -0.05) is 18.2 Å². The predicted molar refractivity (Wildman–Crippen MR) is 141 cm³/mol. The lowest BCUT2D eigenvalue weighted by Crippen LogP contribution is -2.26. The van der Waals surface area contributed by atoms with Crippen LogP contribution in [-0.2, 0) is 4.79 Å². The number of anilines is 2. The Labute approximate surface area is 222 Å². The maximum Gasteiger partial charge on any atom is 0.328 e. The minimum Gasteiger partial charge on any atom is -0.466 e. The lowest BCUT2D eigenvalue weighted by Gasteiger charge is -2.20. The second-order valence-electron chi connectivity index (χ2n) is 8.29. The number of nitriles is 1. The molecule has 0 saturated heterocycles. The monoisotopic (exact) mass is 523 g/mol. The van der Waals surface area contributed by atoms with E-state index in [-0.39, 0.29) is 41.8 Å². The number of ether oxygens (including phenoxy) is 4. The molecule has 1 aliphatic rings. The predicted octanol–water partition coefficient (Wildman–Crippen LogP) is 4.67. The van der Waals surface area contributed by atoms with E-state index in [0.29, 0.717) is 28.5 Å². The first-order valence-corrected chi connectivity index (χ1v) is 11.6. The van der Waals surface area contributed by atoms with Gasteiger partial charge in [0, 0.05) is 17.8 Å². The lowest BCUT2D eigenvalue weighted by molar-refractivity contribution is -0.118. The van der Waals surface area contributed by atoms with Crippen LogP contribution >= 0.6 is 0 Å². The van der Waals surface area contributed by atoms with E-state index in [1.165, 1.54) is 6.07 Å². The lowest BCUT2D eigenvalue weighted by atomic mass is 10.2. The van der Waals surface area contributed by atoms with Crippen molar-refractivity contribution < 1.29 is 23.7 Å². The number of carbonyl (C=O) groups is 1. The number of aryl methyl sites for hydroxylation is 1. The molecule has 0 fully saturated rings. The van der Waals surface area contributed by atoms with Gasteiger partial charge in [0.05, 0.1) is 11.6 Å². The largest absolute Gasteiger partial charge is 0.466 e. The summed E-state index contributed by atoms with van der Waals surface area (Å²) in [6.45, 7) is 1.59. The Morgan fingerprint density at radius 1 is 1.05 bits per heavy atom. The first-order valence-electron chi connectivity index (χ1n) is 11.6. The van der Waals surface area contributed by atoms with Gasteiger partial charge in [-0.3, -0.25) is 10.2 Å². The molecule has 0 atom stereocenters. The van der Waals surface area contributed by atoms with Gasteiger partial charge >= 0.3 is 6.01 Å². The van der Waals surface area contributed by atoms with Crippen LogP contribution in [0, 0.1) is 23.7 Å². The number of para-hydroxylation sites is 1. The van der Waals surface area contributed by atoms with Crippen LogP contribution in [0.25, 0.3) is 0 Å². The number of rotatable bonds is 7. The van der Waals surface area contributed by atoms with E-state index in [1.54, 1.807) is 42.5 Å². The second kappa shape index (κ2) is 10.7. The third-order valence-electron chi connectivity index (χ3n) is 5.22. The molecule has 1 aromatic heterocycles. The van der Waals surface area contributed by atoms with E-state index in [9.17, 15) is 10.1 Å². The average molecular weight is 524 g/mol. The topological polar surface area (TPSA) is 177 Å². The third kappa shape index (κ3) is 5.95. The minimum atomic E-state index is -0.421. The molecule has 1 aliphatic heterocycles. The number of aromatic nitrogens is 2. The van der Waals surface area contributed by atoms with Crippen molar-refractivity contribution >= 4 is 23.2 Å². The summed E-state index contributed by atoms with van der Waals surface area (Å²) in [6, 6.07) is 20.8. The van der Waals surface area contributed by atoms with Gasteiger partial charge in [-0.15, -0.1) is 0 Å². The fourth-order valence-corrected chi connectivity index (χ4v) is 3.64. The number of nitrogens with zero attached hydrogens (tertiary/aromatic N) is 3.